The SMILES string of the molecule is C=C(CCC[C@@H](C)C1CCC2C(=O)CCC[C@@]21C)C(=O)O. The largest absolute Gasteiger partial charge is 0.478 e. The van der Waals surface area contributed by atoms with Crippen molar-refractivity contribution >= 4 is 11.8 Å². The first kappa shape index (κ1) is 16.3. The first-order valence-corrected chi connectivity index (χ1v) is 8.30. The first-order chi connectivity index (χ1) is 9.86. The van der Waals surface area contributed by atoms with Crippen LogP contribution in [0, 0.1) is 23.2 Å². The highest BCUT2D eigenvalue weighted by Gasteiger charge is 2.52. The van der Waals surface area contributed by atoms with Crippen molar-refractivity contribution in [2.75, 3.05) is 0 Å². The fraction of sp³-hybridized carbons (Fsp3) is 0.778. The number of Topliss-reactive ketones (excluding diaryl/α,β-unsaturated/α-hetero) is 1. The lowest BCUT2D eigenvalue weighted by atomic mass is 9.62. The fourth-order valence-electron chi connectivity index (χ4n) is 4.85. The average Bonchev–Trinajstić information content (AvgIpc) is 2.77. The van der Waals surface area contributed by atoms with E-state index in [1.807, 2.05) is 0 Å². The Morgan fingerprint density at radius 2 is 2.19 bits per heavy atom. The number of carbonyl (C=O) groups excluding carboxylic acids is 1. The lowest BCUT2D eigenvalue weighted by Crippen LogP contribution is -2.39. The van der Waals surface area contributed by atoms with Gasteiger partial charge in [0.25, 0.3) is 0 Å². The minimum atomic E-state index is -0.881. The molecule has 3 nitrogen and oxygen atoms in total. The van der Waals surface area contributed by atoms with E-state index in [1.165, 1.54) is 6.42 Å². The van der Waals surface area contributed by atoms with Crippen LogP contribution in [0.25, 0.3) is 0 Å². The van der Waals surface area contributed by atoms with Crippen LogP contribution in [0.5, 0.6) is 0 Å². The summed E-state index contributed by atoms with van der Waals surface area (Å²) in [6, 6.07) is 0. The van der Waals surface area contributed by atoms with Crippen molar-refractivity contribution in [1.82, 2.24) is 0 Å². The van der Waals surface area contributed by atoms with Crippen LogP contribution in [-0.4, -0.2) is 16.9 Å². The lowest BCUT2D eigenvalue weighted by molar-refractivity contribution is -0.133. The number of carboxylic acid groups (broad SMARTS) is 1. The molecule has 0 bridgehead atoms. The summed E-state index contributed by atoms with van der Waals surface area (Å²) in [7, 11) is 0. The molecule has 2 unspecified atom stereocenters. The highest BCUT2D eigenvalue weighted by Crippen LogP contribution is 2.57. The monoisotopic (exact) mass is 292 g/mol. The molecule has 0 saturated heterocycles. The highest BCUT2D eigenvalue weighted by molar-refractivity contribution is 5.85. The summed E-state index contributed by atoms with van der Waals surface area (Å²) in [6.07, 6.45) is 7.72. The molecule has 2 saturated carbocycles. The zero-order valence-electron chi connectivity index (χ0n) is 13.4. The minimum absolute atomic E-state index is 0.193. The topological polar surface area (TPSA) is 54.4 Å². The molecule has 2 fully saturated rings. The Hall–Kier alpha value is -1.12. The summed E-state index contributed by atoms with van der Waals surface area (Å²) in [4.78, 5) is 22.9. The maximum atomic E-state index is 12.2. The molecule has 1 N–H and O–H groups in total. The van der Waals surface area contributed by atoms with Gasteiger partial charge in [0.15, 0.2) is 0 Å². The van der Waals surface area contributed by atoms with Crippen LogP contribution >= 0.6 is 0 Å². The van der Waals surface area contributed by atoms with Gasteiger partial charge in [-0.2, -0.15) is 0 Å². The number of hydrogen-bond acceptors (Lipinski definition) is 2. The summed E-state index contributed by atoms with van der Waals surface area (Å²) < 4.78 is 0. The maximum Gasteiger partial charge on any atom is 0.330 e. The van der Waals surface area contributed by atoms with Gasteiger partial charge in [0.2, 0.25) is 0 Å². The molecule has 0 aromatic heterocycles. The Morgan fingerprint density at radius 3 is 2.86 bits per heavy atom. The number of carbonyl (C=O) groups is 2. The fourth-order valence-corrected chi connectivity index (χ4v) is 4.85. The van der Waals surface area contributed by atoms with Crippen LogP contribution in [0.1, 0.15) is 65.2 Å². The van der Waals surface area contributed by atoms with Gasteiger partial charge >= 0.3 is 5.97 Å². The molecule has 2 aliphatic carbocycles. The van der Waals surface area contributed by atoms with Gasteiger partial charge in [0, 0.05) is 17.9 Å². The molecule has 0 amide bonds. The number of ketones is 1. The first-order valence-electron chi connectivity index (χ1n) is 8.30. The van der Waals surface area contributed by atoms with E-state index in [1.54, 1.807) is 0 Å². The minimum Gasteiger partial charge on any atom is -0.478 e. The van der Waals surface area contributed by atoms with E-state index >= 15 is 0 Å². The second-order valence-electron chi connectivity index (χ2n) is 7.34. The number of carboxylic acids is 1. The molecule has 3 heteroatoms. The van der Waals surface area contributed by atoms with E-state index in [0.29, 0.717) is 29.6 Å². The zero-order valence-corrected chi connectivity index (χ0v) is 13.4. The van der Waals surface area contributed by atoms with Crippen LogP contribution in [0.15, 0.2) is 12.2 Å². The number of hydrogen-bond donors (Lipinski definition) is 1. The van der Waals surface area contributed by atoms with Gasteiger partial charge in [0.05, 0.1) is 0 Å². The van der Waals surface area contributed by atoms with Gasteiger partial charge < -0.3 is 5.11 Å². The summed E-state index contributed by atoms with van der Waals surface area (Å²) in [5.74, 6) is 1.07. The van der Waals surface area contributed by atoms with E-state index in [-0.39, 0.29) is 11.3 Å². The van der Waals surface area contributed by atoms with Gasteiger partial charge in [-0.25, -0.2) is 4.79 Å². The van der Waals surface area contributed by atoms with Crippen LogP contribution < -0.4 is 0 Å². The molecular weight excluding hydrogens is 264 g/mol. The normalized spacial score (nSPS) is 33.5. The van der Waals surface area contributed by atoms with Crippen molar-refractivity contribution in [1.29, 1.82) is 0 Å². The van der Waals surface area contributed by atoms with Crippen LogP contribution in [0.4, 0.5) is 0 Å². The second kappa shape index (κ2) is 6.33. The molecular formula is C18H28O3. The Balaban J connectivity index is 1.91. The van der Waals surface area contributed by atoms with E-state index in [4.69, 9.17) is 5.11 Å². The van der Waals surface area contributed by atoms with E-state index in [9.17, 15) is 9.59 Å². The quantitative estimate of drug-likeness (QED) is 0.746. The average molecular weight is 292 g/mol. The molecule has 0 aliphatic heterocycles. The summed E-state index contributed by atoms with van der Waals surface area (Å²) in [6.45, 7) is 8.19. The second-order valence-corrected chi connectivity index (χ2v) is 7.34. The molecule has 2 rings (SSSR count). The van der Waals surface area contributed by atoms with Crippen LogP contribution in [-0.2, 0) is 9.59 Å². The standard InChI is InChI=1S/C18H28O3/c1-12(6-4-7-13(2)17(20)21)14-9-10-15-16(19)8-5-11-18(14,15)3/h12,14-15H,2,4-11H2,1,3H3,(H,20,21)/t12-,14?,15?,18-/m1/s1. The van der Waals surface area contributed by atoms with Crippen molar-refractivity contribution in [3.63, 3.8) is 0 Å². The highest BCUT2D eigenvalue weighted by atomic mass is 16.4. The predicted molar refractivity (Wildman–Crippen MR) is 83.0 cm³/mol. The molecule has 0 spiro atoms. The number of fused-ring (bicyclic) bond motifs is 1. The van der Waals surface area contributed by atoms with Gasteiger partial charge in [-0.15, -0.1) is 0 Å². The van der Waals surface area contributed by atoms with Gasteiger partial charge in [0.1, 0.15) is 5.78 Å². The molecule has 0 heterocycles. The van der Waals surface area contributed by atoms with Crippen molar-refractivity contribution < 1.29 is 14.7 Å². The molecule has 118 valence electrons. The smallest absolute Gasteiger partial charge is 0.330 e. The molecule has 4 atom stereocenters. The third-order valence-electron chi connectivity index (χ3n) is 6.06. The Kier molecular flexibility index (Phi) is 4.90. The Morgan fingerprint density at radius 1 is 1.48 bits per heavy atom. The van der Waals surface area contributed by atoms with Crippen molar-refractivity contribution in [2.45, 2.75) is 65.2 Å². The number of rotatable bonds is 6. The molecule has 0 aromatic rings. The molecule has 0 radical (unpaired) electrons. The third kappa shape index (κ3) is 3.22. The van der Waals surface area contributed by atoms with Crippen molar-refractivity contribution in [3.05, 3.63) is 12.2 Å². The zero-order chi connectivity index (χ0) is 15.6. The summed E-state index contributed by atoms with van der Waals surface area (Å²) in [5, 5.41) is 8.85. The molecule has 2 aliphatic rings. The summed E-state index contributed by atoms with van der Waals surface area (Å²) in [5.41, 5.74) is 0.504. The van der Waals surface area contributed by atoms with Crippen LogP contribution in [0.2, 0.25) is 0 Å². The van der Waals surface area contributed by atoms with E-state index in [2.05, 4.69) is 20.4 Å². The van der Waals surface area contributed by atoms with Gasteiger partial charge in [-0.1, -0.05) is 26.8 Å². The van der Waals surface area contributed by atoms with E-state index in [0.717, 1.165) is 38.5 Å². The summed E-state index contributed by atoms with van der Waals surface area (Å²) >= 11 is 0. The van der Waals surface area contributed by atoms with Gasteiger partial charge in [-0.3, -0.25) is 4.79 Å². The molecule has 0 aromatic carbocycles. The van der Waals surface area contributed by atoms with Gasteiger partial charge in [-0.05, 0) is 55.8 Å². The maximum absolute atomic E-state index is 12.2. The predicted octanol–water partition coefficient (Wildman–Crippen LogP) is 4.22. The third-order valence-corrected chi connectivity index (χ3v) is 6.06. The number of aliphatic carboxylic acids is 1. The van der Waals surface area contributed by atoms with E-state index < -0.39 is 5.97 Å². The van der Waals surface area contributed by atoms with Crippen LogP contribution in [0.3, 0.4) is 0 Å². The Bertz CT molecular complexity index is 440. The lowest BCUT2D eigenvalue weighted by Gasteiger charge is -2.42. The van der Waals surface area contributed by atoms with Crippen molar-refractivity contribution in [3.8, 4) is 0 Å². The molecule has 21 heavy (non-hydrogen) atoms. The Labute approximate surface area is 127 Å². The van der Waals surface area contributed by atoms with Crippen molar-refractivity contribution in [2.24, 2.45) is 23.2 Å².